The molecule has 0 aromatic heterocycles. The predicted molar refractivity (Wildman–Crippen MR) is 39.7 cm³/mol. The Balaban J connectivity index is -0.0000000239. The van der Waals surface area contributed by atoms with E-state index in [4.69, 9.17) is 14.0 Å². The molecule has 1 saturated carbocycles. The van der Waals surface area contributed by atoms with Crippen molar-refractivity contribution in [3.63, 3.8) is 0 Å². The zero-order valence-electron chi connectivity index (χ0n) is 7.02. The Labute approximate surface area is 94.7 Å². The van der Waals surface area contributed by atoms with E-state index in [-0.39, 0.29) is 28.5 Å². The van der Waals surface area contributed by atoms with Crippen molar-refractivity contribution in [3.05, 3.63) is 59.5 Å². The van der Waals surface area contributed by atoms with Crippen LogP contribution in [0.4, 0.5) is 0 Å². The molecule has 0 N–H and O–H groups in total. The van der Waals surface area contributed by atoms with Crippen LogP contribution in [0, 0.1) is 59.5 Å². The number of rotatable bonds is 0. The summed E-state index contributed by atoms with van der Waals surface area (Å²) in [7, 11) is 0. The van der Waals surface area contributed by atoms with Crippen LogP contribution in [-0.2, 0) is 35.0 Å². The Kier molecular flexibility index (Phi) is 132. The van der Waals surface area contributed by atoms with Crippen molar-refractivity contribution < 1.29 is 35.0 Å². The van der Waals surface area contributed by atoms with Gasteiger partial charge in [0.1, 0.15) is 0 Å². The van der Waals surface area contributed by atoms with Gasteiger partial charge in [0.25, 0.3) is 0 Å². The molecule has 0 amide bonds. The summed E-state index contributed by atoms with van der Waals surface area (Å²) >= 11 is 0. The van der Waals surface area contributed by atoms with E-state index in [0.29, 0.717) is 0 Å². The van der Waals surface area contributed by atoms with Crippen LogP contribution >= 0.6 is 0 Å². The number of hydrogen-bond donors (Lipinski definition) is 0. The molecule has 1 aliphatic carbocycles. The summed E-state index contributed by atoms with van der Waals surface area (Å²) in [6.45, 7) is 13.5. The van der Waals surface area contributed by atoms with E-state index < -0.39 is 0 Å². The van der Waals surface area contributed by atoms with Crippen LogP contribution in [0.2, 0.25) is 0 Å². The summed E-state index contributed by atoms with van der Waals surface area (Å²) in [4.78, 5) is 0. The SMILES string of the molecule is [C-]#[O+].[C-]#[O+].[C-]#[O+].[CH3-].[CH]1[CH][CH][CH][CH]1.[Mo+2]. The van der Waals surface area contributed by atoms with Crippen molar-refractivity contribution in [3.8, 4) is 0 Å². The van der Waals surface area contributed by atoms with E-state index in [9.17, 15) is 0 Å². The molecule has 67 valence electrons. The molecular weight excluding hydrogens is 252 g/mol. The van der Waals surface area contributed by atoms with Crippen molar-refractivity contribution in [2.24, 2.45) is 0 Å². The van der Waals surface area contributed by atoms with Gasteiger partial charge < -0.3 is 7.43 Å². The average Bonchev–Trinajstić information content (AvgIpc) is 2.71. The van der Waals surface area contributed by atoms with Gasteiger partial charge in [0, 0.05) is 0 Å². The van der Waals surface area contributed by atoms with Gasteiger partial charge in [-0.2, -0.15) is 0 Å². The molecule has 1 fully saturated rings. The van der Waals surface area contributed by atoms with Gasteiger partial charge in [0.15, 0.2) is 0 Å². The third kappa shape index (κ3) is 48.5. The maximum absolute atomic E-state index is 7.50. The van der Waals surface area contributed by atoms with Crippen molar-refractivity contribution in [1.29, 1.82) is 0 Å². The summed E-state index contributed by atoms with van der Waals surface area (Å²) in [6, 6.07) is 0. The summed E-state index contributed by atoms with van der Waals surface area (Å²) in [5.41, 5.74) is 0. The van der Waals surface area contributed by atoms with Crippen molar-refractivity contribution in [2.75, 3.05) is 0 Å². The zero-order valence-corrected chi connectivity index (χ0v) is 9.03. The topological polar surface area (TPSA) is 59.7 Å². The van der Waals surface area contributed by atoms with Crippen LogP contribution < -0.4 is 0 Å². The second kappa shape index (κ2) is 58.8. The quantitative estimate of drug-likeness (QED) is 0.358. The fourth-order valence-corrected chi connectivity index (χ4v) is 0.321. The van der Waals surface area contributed by atoms with Crippen LogP contribution in [0.25, 0.3) is 0 Å². The molecule has 0 saturated heterocycles. The van der Waals surface area contributed by atoms with Gasteiger partial charge >= 0.3 is 55.0 Å². The van der Waals surface area contributed by atoms with Gasteiger partial charge in [0.2, 0.25) is 0 Å². The molecule has 13 heavy (non-hydrogen) atoms. The normalized spacial score (nSPS) is 9.69. The molecule has 0 unspecified atom stereocenters. The molecule has 4 heteroatoms. The van der Waals surface area contributed by atoms with Crippen LogP contribution in [0.15, 0.2) is 0 Å². The van der Waals surface area contributed by atoms with Crippen molar-refractivity contribution >= 4 is 0 Å². The fraction of sp³-hybridized carbons (Fsp3) is 0. The van der Waals surface area contributed by atoms with Gasteiger partial charge in [-0.15, -0.1) is 0 Å². The molecule has 5 radical (unpaired) electrons. The largest absolute Gasteiger partial charge is 2.00 e. The Morgan fingerprint density at radius 1 is 0.538 bits per heavy atom. The minimum absolute atomic E-state index is 0. The van der Waals surface area contributed by atoms with E-state index in [1.165, 1.54) is 0 Å². The fourth-order valence-electron chi connectivity index (χ4n) is 0.321. The van der Waals surface area contributed by atoms with E-state index in [2.05, 4.69) is 20.0 Å². The smallest absolute Gasteiger partial charge is 0.358 e. The first-order valence-corrected chi connectivity index (χ1v) is 2.28. The minimum atomic E-state index is 0. The van der Waals surface area contributed by atoms with Crippen LogP contribution in [0.5, 0.6) is 0 Å². The number of hydrogen-bond acceptors (Lipinski definition) is 0. The first-order valence-electron chi connectivity index (χ1n) is 2.28. The van der Waals surface area contributed by atoms with Crippen LogP contribution in [-0.4, -0.2) is 0 Å². The van der Waals surface area contributed by atoms with Gasteiger partial charge in [-0.1, -0.05) is 0 Å². The minimum Gasteiger partial charge on any atom is -0.358 e. The molecule has 1 aliphatic rings. The molecule has 0 heterocycles. The van der Waals surface area contributed by atoms with E-state index in [1.54, 1.807) is 0 Å². The average molecular weight is 260 g/mol. The van der Waals surface area contributed by atoms with E-state index >= 15 is 0 Å². The molecular formula is C9H8MoO3+. The molecule has 0 aromatic rings. The van der Waals surface area contributed by atoms with Crippen LogP contribution in [0.1, 0.15) is 0 Å². The summed E-state index contributed by atoms with van der Waals surface area (Å²) in [6.07, 6.45) is 10.0. The molecule has 0 bridgehead atoms. The standard InChI is InChI=1S/C5H5.3CO.CH3.Mo/c1-2-4-5-3-1;3*1-2;;/h1-5H;;;;1H3;/q;;;;-1;+2. The molecule has 0 aliphatic heterocycles. The van der Waals surface area contributed by atoms with Crippen molar-refractivity contribution in [1.82, 2.24) is 0 Å². The molecule has 3 nitrogen and oxygen atoms in total. The Bertz CT molecular complexity index is 81.3. The molecule has 1 rings (SSSR count). The summed E-state index contributed by atoms with van der Waals surface area (Å²) in [5, 5.41) is 0. The maximum atomic E-state index is 7.50. The summed E-state index contributed by atoms with van der Waals surface area (Å²) < 4.78 is 22.5. The van der Waals surface area contributed by atoms with Gasteiger partial charge in [-0.05, 0) is 32.1 Å². The molecule has 0 aromatic carbocycles. The summed E-state index contributed by atoms with van der Waals surface area (Å²) in [5.74, 6) is 0. The Hall–Kier alpha value is -0.0917. The first-order chi connectivity index (χ1) is 5.50. The Morgan fingerprint density at radius 3 is 0.692 bits per heavy atom. The van der Waals surface area contributed by atoms with Gasteiger partial charge in [-0.3, -0.25) is 0 Å². The van der Waals surface area contributed by atoms with Crippen LogP contribution in [0.3, 0.4) is 0 Å². The van der Waals surface area contributed by atoms with E-state index in [1.807, 2.05) is 32.1 Å². The van der Waals surface area contributed by atoms with Crippen molar-refractivity contribution in [2.45, 2.75) is 0 Å². The maximum Gasteiger partial charge on any atom is 2.00 e. The van der Waals surface area contributed by atoms with Gasteiger partial charge in [-0.25, -0.2) is 0 Å². The Morgan fingerprint density at radius 2 is 0.615 bits per heavy atom. The first kappa shape index (κ1) is 29.3. The molecule has 0 atom stereocenters. The van der Waals surface area contributed by atoms with E-state index in [0.717, 1.165) is 0 Å². The third-order valence-corrected chi connectivity index (χ3v) is 0.556. The third-order valence-electron chi connectivity index (χ3n) is 0.556. The second-order valence-corrected chi connectivity index (χ2v) is 0.962. The van der Waals surface area contributed by atoms with Gasteiger partial charge in [0.05, 0.1) is 0 Å². The molecule has 0 spiro atoms. The predicted octanol–water partition coefficient (Wildman–Crippen LogP) is 1.36. The monoisotopic (exact) mass is 262 g/mol. The second-order valence-electron chi connectivity index (χ2n) is 0.962. The zero-order chi connectivity index (χ0) is 9.54.